The molecule has 138 valence electrons. The number of pyridine rings is 1. The number of halogens is 1. The maximum atomic E-state index is 13.2. The minimum atomic E-state index is -0.276. The third-order valence-electron chi connectivity index (χ3n) is 4.74. The average molecular weight is 357 g/mol. The van der Waals surface area contributed by atoms with Crippen molar-refractivity contribution >= 4 is 11.7 Å². The lowest BCUT2D eigenvalue weighted by molar-refractivity contribution is -0.138. The Labute approximate surface area is 153 Å². The summed E-state index contributed by atoms with van der Waals surface area (Å²) in [6.45, 7) is 3.54. The Morgan fingerprint density at radius 1 is 1.38 bits per heavy atom. The molecular formula is C20H24FN3O2. The molecule has 3 rings (SSSR count). The Morgan fingerprint density at radius 3 is 3.00 bits per heavy atom. The van der Waals surface area contributed by atoms with Crippen molar-refractivity contribution in [2.75, 3.05) is 25.4 Å². The number of rotatable bonds is 5. The Bertz CT molecular complexity index is 781. The van der Waals surface area contributed by atoms with Crippen molar-refractivity contribution in [1.29, 1.82) is 0 Å². The van der Waals surface area contributed by atoms with Gasteiger partial charge in [0.15, 0.2) is 0 Å². The van der Waals surface area contributed by atoms with E-state index in [9.17, 15) is 9.18 Å². The first-order chi connectivity index (χ1) is 12.5. The molecule has 0 spiro atoms. The molecule has 1 saturated heterocycles. The summed E-state index contributed by atoms with van der Waals surface area (Å²) in [5.74, 6) is 0.293. The van der Waals surface area contributed by atoms with Gasteiger partial charge in [0.2, 0.25) is 5.91 Å². The first-order valence-electron chi connectivity index (χ1n) is 8.86. The number of nitrogens with zero attached hydrogens (tertiary/aromatic N) is 2. The van der Waals surface area contributed by atoms with E-state index in [1.165, 1.54) is 12.1 Å². The van der Waals surface area contributed by atoms with Crippen LogP contribution in [0.2, 0.25) is 0 Å². The molecular weight excluding hydrogens is 333 g/mol. The molecule has 0 radical (unpaired) electrons. The molecule has 2 aromatic rings. The fourth-order valence-corrected chi connectivity index (χ4v) is 3.23. The van der Waals surface area contributed by atoms with Gasteiger partial charge in [-0.05, 0) is 60.7 Å². The zero-order chi connectivity index (χ0) is 18.5. The molecule has 1 aliphatic heterocycles. The molecule has 2 heterocycles. The fourth-order valence-electron chi connectivity index (χ4n) is 3.23. The van der Waals surface area contributed by atoms with E-state index in [-0.39, 0.29) is 17.8 Å². The molecule has 2 N–H and O–H groups in total. The van der Waals surface area contributed by atoms with Crippen LogP contribution in [-0.4, -0.2) is 41.6 Å². The summed E-state index contributed by atoms with van der Waals surface area (Å²) in [5.41, 5.74) is 8.49. The highest BCUT2D eigenvalue weighted by Gasteiger charge is 2.24. The van der Waals surface area contributed by atoms with Gasteiger partial charge in [-0.15, -0.1) is 0 Å². The summed E-state index contributed by atoms with van der Waals surface area (Å²) in [5, 5.41) is 0. The first-order valence-corrected chi connectivity index (χ1v) is 8.86. The van der Waals surface area contributed by atoms with Gasteiger partial charge in [-0.2, -0.15) is 0 Å². The van der Waals surface area contributed by atoms with Gasteiger partial charge in [0.25, 0.3) is 0 Å². The molecule has 5 nitrogen and oxygen atoms in total. The van der Waals surface area contributed by atoms with Gasteiger partial charge in [0, 0.05) is 19.3 Å². The third-order valence-corrected chi connectivity index (χ3v) is 4.74. The summed E-state index contributed by atoms with van der Waals surface area (Å²) in [6.07, 6.45) is 3.66. The minimum Gasteiger partial charge on any atom is -0.384 e. The van der Waals surface area contributed by atoms with E-state index in [4.69, 9.17) is 10.5 Å². The molecule has 1 amide bonds. The van der Waals surface area contributed by atoms with E-state index >= 15 is 0 Å². The number of hydrogen-bond acceptors (Lipinski definition) is 4. The standard InChI is InChI=1S/C20H24FN3O2/c1-14-10-17(21)4-3-16(14)12-20(25)24-8-9-26-18(13-24)5-2-15-6-7-23-19(22)11-15/h3-4,6-7,10-11,18H,2,5,8-9,12-13H2,1H3,(H2,22,23). The second-order valence-electron chi connectivity index (χ2n) is 6.71. The molecule has 1 aromatic carbocycles. The van der Waals surface area contributed by atoms with E-state index in [1.54, 1.807) is 12.3 Å². The number of morpholine rings is 1. The Morgan fingerprint density at radius 2 is 2.23 bits per heavy atom. The first kappa shape index (κ1) is 18.3. The van der Waals surface area contributed by atoms with Crippen molar-refractivity contribution in [2.45, 2.75) is 32.3 Å². The number of carbonyl (C=O) groups is 1. The number of nitrogen functional groups attached to an aromatic ring is 1. The van der Waals surface area contributed by atoms with Crippen LogP contribution in [0.5, 0.6) is 0 Å². The molecule has 0 saturated carbocycles. The van der Waals surface area contributed by atoms with Gasteiger partial charge in [-0.25, -0.2) is 9.37 Å². The SMILES string of the molecule is Cc1cc(F)ccc1CC(=O)N1CCOC(CCc2ccnc(N)c2)C1. The zero-order valence-electron chi connectivity index (χ0n) is 15.0. The van der Waals surface area contributed by atoms with Gasteiger partial charge < -0.3 is 15.4 Å². The summed E-state index contributed by atoms with van der Waals surface area (Å²) in [6, 6.07) is 8.36. The smallest absolute Gasteiger partial charge is 0.227 e. The molecule has 0 bridgehead atoms. The summed E-state index contributed by atoms with van der Waals surface area (Å²) in [4.78, 5) is 18.5. The van der Waals surface area contributed by atoms with Gasteiger partial charge >= 0.3 is 0 Å². The van der Waals surface area contributed by atoms with Crippen LogP contribution in [0.4, 0.5) is 10.2 Å². The summed E-state index contributed by atoms with van der Waals surface area (Å²) in [7, 11) is 0. The molecule has 1 aromatic heterocycles. The second-order valence-corrected chi connectivity index (χ2v) is 6.71. The predicted molar refractivity (Wildman–Crippen MR) is 98.1 cm³/mol. The van der Waals surface area contributed by atoms with Crippen LogP contribution in [0.1, 0.15) is 23.1 Å². The molecule has 1 atom stereocenters. The van der Waals surface area contributed by atoms with E-state index in [2.05, 4.69) is 4.98 Å². The van der Waals surface area contributed by atoms with Crippen molar-refractivity contribution in [2.24, 2.45) is 0 Å². The van der Waals surface area contributed by atoms with E-state index < -0.39 is 0 Å². The fraction of sp³-hybridized carbons (Fsp3) is 0.400. The van der Waals surface area contributed by atoms with Gasteiger partial charge in [-0.3, -0.25) is 4.79 Å². The molecule has 1 unspecified atom stereocenters. The van der Waals surface area contributed by atoms with Crippen LogP contribution in [0.15, 0.2) is 36.5 Å². The van der Waals surface area contributed by atoms with E-state index in [0.29, 0.717) is 31.9 Å². The Hall–Kier alpha value is -2.47. The molecule has 1 fully saturated rings. The van der Waals surface area contributed by atoms with Gasteiger partial charge in [0.05, 0.1) is 19.1 Å². The minimum absolute atomic E-state index is 0.0106. The second kappa shape index (κ2) is 8.27. The topological polar surface area (TPSA) is 68.5 Å². The molecule has 1 aliphatic rings. The van der Waals surface area contributed by atoms with Crippen LogP contribution in [-0.2, 0) is 22.4 Å². The highest BCUT2D eigenvalue weighted by molar-refractivity contribution is 5.79. The molecule has 6 heteroatoms. The maximum Gasteiger partial charge on any atom is 0.227 e. The van der Waals surface area contributed by atoms with Crippen molar-refractivity contribution < 1.29 is 13.9 Å². The van der Waals surface area contributed by atoms with Gasteiger partial charge in [-0.1, -0.05) is 6.07 Å². The lowest BCUT2D eigenvalue weighted by Crippen LogP contribution is -2.46. The van der Waals surface area contributed by atoms with Crippen molar-refractivity contribution in [3.05, 3.63) is 59.0 Å². The van der Waals surface area contributed by atoms with E-state index in [1.807, 2.05) is 24.0 Å². The normalized spacial score (nSPS) is 17.3. The van der Waals surface area contributed by atoms with Crippen molar-refractivity contribution in [1.82, 2.24) is 9.88 Å². The number of amides is 1. The van der Waals surface area contributed by atoms with Crippen LogP contribution < -0.4 is 5.73 Å². The number of ether oxygens (including phenoxy) is 1. The molecule has 26 heavy (non-hydrogen) atoms. The number of nitrogens with two attached hydrogens (primary N) is 1. The Balaban J connectivity index is 1.54. The average Bonchev–Trinajstić information content (AvgIpc) is 2.62. The maximum absolute atomic E-state index is 13.2. The van der Waals surface area contributed by atoms with Gasteiger partial charge in [0.1, 0.15) is 11.6 Å². The monoisotopic (exact) mass is 357 g/mol. The number of anilines is 1. The van der Waals surface area contributed by atoms with Crippen LogP contribution >= 0.6 is 0 Å². The number of aromatic nitrogens is 1. The Kier molecular flexibility index (Phi) is 5.83. The largest absolute Gasteiger partial charge is 0.384 e. The number of aryl methyl sites for hydroxylation is 2. The van der Waals surface area contributed by atoms with Crippen molar-refractivity contribution in [3.63, 3.8) is 0 Å². The van der Waals surface area contributed by atoms with Crippen molar-refractivity contribution in [3.8, 4) is 0 Å². The third kappa shape index (κ3) is 4.79. The lowest BCUT2D eigenvalue weighted by atomic mass is 10.0. The van der Waals surface area contributed by atoms with Crippen LogP contribution in [0, 0.1) is 12.7 Å². The van der Waals surface area contributed by atoms with E-state index in [0.717, 1.165) is 29.5 Å². The van der Waals surface area contributed by atoms with Crippen LogP contribution in [0.25, 0.3) is 0 Å². The highest BCUT2D eigenvalue weighted by atomic mass is 19.1. The molecule has 0 aliphatic carbocycles. The summed E-state index contributed by atoms with van der Waals surface area (Å²) < 4.78 is 19.0. The number of benzene rings is 1. The number of hydrogen-bond donors (Lipinski definition) is 1. The number of carbonyl (C=O) groups excluding carboxylic acids is 1. The lowest BCUT2D eigenvalue weighted by Gasteiger charge is -2.33. The summed E-state index contributed by atoms with van der Waals surface area (Å²) >= 11 is 0. The van der Waals surface area contributed by atoms with Crippen LogP contribution in [0.3, 0.4) is 0 Å². The highest BCUT2D eigenvalue weighted by Crippen LogP contribution is 2.16. The quantitative estimate of drug-likeness (QED) is 0.893. The zero-order valence-corrected chi connectivity index (χ0v) is 15.0. The predicted octanol–water partition coefficient (Wildman–Crippen LogP) is 2.51.